The van der Waals surface area contributed by atoms with Crippen molar-refractivity contribution in [3.63, 3.8) is 0 Å². The normalized spacial score (nSPS) is 20.1. The second-order valence-corrected chi connectivity index (χ2v) is 7.38. The van der Waals surface area contributed by atoms with Gasteiger partial charge in [-0.15, -0.1) is 0 Å². The molecular weight excluding hydrogens is 304 g/mol. The largest absolute Gasteiger partial charge is 0.273 e. The lowest BCUT2D eigenvalue weighted by Crippen LogP contribution is -2.45. The summed E-state index contributed by atoms with van der Waals surface area (Å²) in [7, 11) is -3.24. The van der Waals surface area contributed by atoms with Crippen molar-refractivity contribution < 1.29 is 13.2 Å². The van der Waals surface area contributed by atoms with Crippen LogP contribution in [-0.4, -0.2) is 48.7 Å². The van der Waals surface area contributed by atoms with Crippen LogP contribution in [0.2, 0.25) is 0 Å². The van der Waals surface area contributed by atoms with Crippen molar-refractivity contribution in [1.29, 1.82) is 0 Å². The Labute approximate surface area is 130 Å². The lowest BCUT2D eigenvalue weighted by molar-refractivity contribution is -0.126. The zero-order chi connectivity index (χ0) is 16.0. The van der Waals surface area contributed by atoms with Gasteiger partial charge in [-0.2, -0.15) is 5.10 Å². The van der Waals surface area contributed by atoms with Crippen LogP contribution < -0.4 is 5.43 Å². The van der Waals surface area contributed by atoms with Crippen molar-refractivity contribution in [2.24, 2.45) is 11.0 Å². The molecule has 1 fully saturated rings. The minimum atomic E-state index is -3.24. The Kier molecular flexibility index (Phi) is 5.62. The molecule has 0 unspecified atom stereocenters. The monoisotopic (exact) mass is 324 g/mol. The van der Waals surface area contributed by atoms with E-state index in [0.717, 1.165) is 5.56 Å². The van der Waals surface area contributed by atoms with Gasteiger partial charge in [0, 0.05) is 31.0 Å². The molecule has 120 valence electrons. The minimum Gasteiger partial charge on any atom is -0.273 e. The van der Waals surface area contributed by atoms with Crippen molar-refractivity contribution in [3.8, 4) is 0 Å². The maximum Gasteiger partial charge on any atom is 0.244 e. The summed E-state index contributed by atoms with van der Waals surface area (Å²) in [6.45, 7) is 2.32. The highest BCUT2D eigenvalue weighted by atomic mass is 32.2. The predicted octanol–water partition coefficient (Wildman–Crippen LogP) is 0.593. The molecular formula is C14H20N4O3S. The quantitative estimate of drug-likeness (QED) is 0.634. The van der Waals surface area contributed by atoms with Gasteiger partial charge in [0.25, 0.3) is 0 Å². The number of sulfonamides is 1. The number of hydrazone groups is 1. The molecule has 0 bridgehead atoms. The third kappa shape index (κ3) is 4.35. The molecule has 1 aliphatic rings. The van der Waals surface area contributed by atoms with Gasteiger partial charge >= 0.3 is 0 Å². The second-order valence-electron chi connectivity index (χ2n) is 5.12. The van der Waals surface area contributed by atoms with Crippen molar-refractivity contribution in [3.05, 3.63) is 30.1 Å². The molecule has 0 saturated carbocycles. The number of amides is 1. The van der Waals surface area contributed by atoms with E-state index in [0.29, 0.717) is 19.4 Å². The van der Waals surface area contributed by atoms with E-state index >= 15 is 0 Å². The summed E-state index contributed by atoms with van der Waals surface area (Å²) in [6, 6.07) is 3.59. The van der Waals surface area contributed by atoms with Crippen molar-refractivity contribution in [1.82, 2.24) is 14.7 Å². The zero-order valence-corrected chi connectivity index (χ0v) is 13.3. The van der Waals surface area contributed by atoms with Gasteiger partial charge in [-0.3, -0.25) is 9.78 Å². The Hall–Kier alpha value is -1.80. The van der Waals surface area contributed by atoms with Crippen molar-refractivity contribution >= 4 is 22.1 Å². The van der Waals surface area contributed by atoms with E-state index in [4.69, 9.17) is 0 Å². The second kappa shape index (κ2) is 7.46. The summed E-state index contributed by atoms with van der Waals surface area (Å²) in [4.78, 5) is 16.0. The number of rotatable bonds is 5. The molecule has 1 aromatic rings. The molecule has 1 amide bonds. The smallest absolute Gasteiger partial charge is 0.244 e. The summed E-state index contributed by atoms with van der Waals surface area (Å²) < 4.78 is 25.2. The third-order valence-corrected chi connectivity index (χ3v) is 5.43. The number of pyridine rings is 1. The standard InChI is InChI=1S/C14H20N4O3S/c1-2-22(20,21)18-8-4-6-13(11-18)14(19)17-16-10-12-5-3-7-15-9-12/h3,5,7,9-10,13H,2,4,6,8,11H2,1H3,(H,17,19)/b16-10-/t13-/m0/s1. The van der Waals surface area contributed by atoms with E-state index in [-0.39, 0.29) is 24.1 Å². The van der Waals surface area contributed by atoms with Crippen LogP contribution >= 0.6 is 0 Å². The number of aromatic nitrogens is 1. The number of nitrogens with zero attached hydrogens (tertiary/aromatic N) is 3. The molecule has 2 heterocycles. The first-order chi connectivity index (χ1) is 10.5. The molecule has 0 aromatic carbocycles. The number of hydrogen-bond acceptors (Lipinski definition) is 5. The first-order valence-corrected chi connectivity index (χ1v) is 8.84. The van der Waals surface area contributed by atoms with Gasteiger partial charge in [-0.25, -0.2) is 18.1 Å². The molecule has 1 saturated heterocycles. The maximum absolute atomic E-state index is 12.1. The highest BCUT2D eigenvalue weighted by Crippen LogP contribution is 2.19. The van der Waals surface area contributed by atoms with E-state index in [1.165, 1.54) is 10.5 Å². The first-order valence-electron chi connectivity index (χ1n) is 7.23. The van der Waals surface area contributed by atoms with Gasteiger partial charge in [0.1, 0.15) is 0 Å². The molecule has 1 aliphatic heterocycles. The van der Waals surface area contributed by atoms with E-state index in [9.17, 15) is 13.2 Å². The van der Waals surface area contributed by atoms with Gasteiger partial charge in [-0.1, -0.05) is 6.07 Å². The molecule has 7 nitrogen and oxygen atoms in total. The first kappa shape index (κ1) is 16.6. The lowest BCUT2D eigenvalue weighted by Gasteiger charge is -2.30. The van der Waals surface area contributed by atoms with Crippen LogP contribution in [0, 0.1) is 5.92 Å². The Morgan fingerprint density at radius 2 is 2.41 bits per heavy atom. The number of carbonyl (C=O) groups excluding carboxylic acids is 1. The van der Waals surface area contributed by atoms with E-state index in [2.05, 4.69) is 15.5 Å². The molecule has 0 radical (unpaired) electrons. The Morgan fingerprint density at radius 1 is 1.59 bits per heavy atom. The molecule has 0 spiro atoms. The summed E-state index contributed by atoms with van der Waals surface area (Å²) in [6.07, 6.45) is 6.15. The summed E-state index contributed by atoms with van der Waals surface area (Å²) in [5.41, 5.74) is 3.25. The SMILES string of the molecule is CCS(=O)(=O)N1CCC[C@H](C(=O)N/N=C\c2cccnc2)C1. The highest BCUT2D eigenvalue weighted by molar-refractivity contribution is 7.89. The molecule has 0 aliphatic carbocycles. The number of carbonyl (C=O) groups is 1. The van der Waals surface area contributed by atoms with Gasteiger partial charge in [0.05, 0.1) is 17.9 Å². The Morgan fingerprint density at radius 3 is 3.09 bits per heavy atom. The fourth-order valence-electron chi connectivity index (χ4n) is 2.31. The summed E-state index contributed by atoms with van der Waals surface area (Å²) >= 11 is 0. The molecule has 1 N–H and O–H groups in total. The van der Waals surface area contributed by atoms with Gasteiger partial charge in [-0.05, 0) is 25.8 Å². The van der Waals surface area contributed by atoms with Crippen LogP contribution in [0.25, 0.3) is 0 Å². The van der Waals surface area contributed by atoms with E-state index in [1.807, 2.05) is 6.07 Å². The molecule has 8 heteroatoms. The summed E-state index contributed by atoms with van der Waals surface area (Å²) in [5.74, 6) is -0.558. The average molecular weight is 324 g/mol. The van der Waals surface area contributed by atoms with Crippen LogP contribution in [0.3, 0.4) is 0 Å². The van der Waals surface area contributed by atoms with E-state index < -0.39 is 10.0 Å². The van der Waals surface area contributed by atoms with Crippen molar-refractivity contribution in [2.75, 3.05) is 18.8 Å². The lowest BCUT2D eigenvalue weighted by atomic mass is 9.99. The van der Waals surface area contributed by atoms with Crippen LogP contribution in [0.5, 0.6) is 0 Å². The van der Waals surface area contributed by atoms with E-state index in [1.54, 1.807) is 25.4 Å². The number of hydrogen-bond donors (Lipinski definition) is 1. The summed E-state index contributed by atoms with van der Waals surface area (Å²) in [5, 5.41) is 3.89. The van der Waals surface area contributed by atoms with Crippen LogP contribution in [0.1, 0.15) is 25.3 Å². The topological polar surface area (TPSA) is 91.7 Å². The fraction of sp³-hybridized carbons (Fsp3) is 0.500. The van der Waals surface area contributed by atoms with Crippen LogP contribution in [0.15, 0.2) is 29.6 Å². The molecule has 2 rings (SSSR count). The van der Waals surface area contributed by atoms with Crippen molar-refractivity contribution in [2.45, 2.75) is 19.8 Å². The molecule has 1 atom stereocenters. The molecule has 22 heavy (non-hydrogen) atoms. The number of nitrogens with one attached hydrogen (secondary N) is 1. The van der Waals surface area contributed by atoms with Gasteiger partial charge < -0.3 is 0 Å². The van der Waals surface area contributed by atoms with Gasteiger partial charge in [0.2, 0.25) is 15.9 Å². The molecule has 1 aromatic heterocycles. The van der Waals surface area contributed by atoms with Gasteiger partial charge in [0.15, 0.2) is 0 Å². The predicted molar refractivity (Wildman–Crippen MR) is 83.7 cm³/mol. The fourth-order valence-corrected chi connectivity index (χ4v) is 3.49. The average Bonchev–Trinajstić information content (AvgIpc) is 2.56. The Bertz CT molecular complexity index is 631. The van der Waals surface area contributed by atoms with Crippen LogP contribution in [0.4, 0.5) is 0 Å². The minimum absolute atomic E-state index is 0.0561. The number of piperidine rings is 1. The highest BCUT2D eigenvalue weighted by Gasteiger charge is 2.31. The maximum atomic E-state index is 12.1. The third-order valence-electron chi connectivity index (χ3n) is 3.59. The van der Waals surface area contributed by atoms with Crippen LogP contribution in [-0.2, 0) is 14.8 Å². The Balaban J connectivity index is 1.91. The zero-order valence-electron chi connectivity index (χ0n) is 12.5.